The Morgan fingerprint density at radius 1 is 1.32 bits per heavy atom. The maximum absolute atomic E-state index is 13.2. The number of carbonyl (C=O) groups excluding carboxylic acids is 2. The summed E-state index contributed by atoms with van der Waals surface area (Å²) in [6.45, 7) is -0.157. The molecule has 0 aliphatic carbocycles. The number of hydrogen-bond acceptors (Lipinski definition) is 7. The number of rotatable bonds is 8. The standard InChI is InChI=1S/C19H18FN3O4S/c1-23(10-13-3-2-4-15(20)9-13)17(24)11-26-18(25)6-5-16-21-19(22-27-16)14-7-8-28-12-14/h2-4,7-9,12H,5-6,10-11H2,1H3. The lowest BCUT2D eigenvalue weighted by Gasteiger charge is -2.17. The summed E-state index contributed by atoms with van der Waals surface area (Å²) >= 11 is 1.52. The van der Waals surface area contributed by atoms with Gasteiger partial charge in [-0.3, -0.25) is 9.59 Å². The van der Waals surface area contributed by atoms with Crippen LogP contribution in [-0.2, 0) is 27.3 Å². The predicted molar refractivity (Wildman–Crippen MR) is 99.8 cm³/mol. The van der Waals surface area contributed by atoms with Crippen LogP contribution in [0, 0.1) is 5.82 Å². The van der Waals surface area contributed by atoms with Crippen LogP contribution in [0.15, 0.2) is 45.6 Å². The van der Waals surface area contributed by atoms with Crippen molar-refractivity contribution in [3.63, 3.8) is 0 Å². The molecule has 0 unspecified atom stereocenters. The molecule has 9 heteroatoms. The fourth-order valence-corrected chi connectivity index (χ4v) is 3.03. The van der Waals surface area contributed by atoms with E-state index in [2.05, 4.69) is 10.1 Å². The van der Waals surface area contributed by atoms with Gasteiger partial charge in [-0.25, -0.2) is 4.39 Å². The Hall–Kier alpha value is -3.07. The number of aromatic nitrogens is 2. The Kier molecular flexibility index (Phi) is 6.49. The number of halogens is 1. The van der Waals surface area contributed by atoms with Gasteiger partial charge in [-0.2, -0.15) is 16.3 Å². The van der Waals surface area contributed by atoms with Gasteiger partial charge in [0.25, 0.3) is 5.91 Å². The summed E-state index contributed by atoms with van der Waals surface area (Å²) in [5.74, 6) is -0.489. The van der Waals surface area contributed by atoms with Crippen molar-refractivity contribution in [1.82, 2.24) is 15.0 Å². The summed E-state index contributed by atoms with van der Waals surface area (Å²) in [6, 6.07) is 7.85. The third-order valence-corrected chi connectivity index (χ3v) is 4.56. The number of hydrogen-bond donors (Lipinski definition) is 0. The lowest BCUT2D eigenvalue weighted by molar-refractivity contribution is -0.151. The van der Waals surface area contributed by atoms with E-state index >= 15 is 0 Å². The van der Waals surface area contributed by atoms with Crippen LogP contribution in [0.25, 0.3) is 11.4 Å². The van der Waals surface area contributed by atoms with Crippen LogP contribution in [0.1, 0.15) is 17.9 Å². The molecule has 0 aliphatic heterocycles. The van der Waals surface area contributed by atoms with E-state index in [1.165, 1.54) is 28.4 Å². The molecule has 0 saturated heterocycles. The Labute approximate surface area is 164 Å². The normalized spacial score (nSPS) is 10.6. The molecule has 0 fully saturated rings. The van der Waals surface area contributed by atoms with E-state index in [-0.39, 0.29) is 37.7 Å². The van der Waals surface area contributed by atoms with Gasteiger partial charge < -0.3 is 14.2 Å². The highest BCUT2D eigenvalue weighted by atomic mass is 32.1. The second-order valence-corrected chi connectivity index (χ2v) is 6.84. The molecule has 1 amide bonds. The molecule has 0 radical (unpaired) electrons. The van der Waals surface area contributed by atoms with Crippen LogP contribution in [0.3, 0.4) is 0 Å². The first kappa shape index (κ1) is 19.7. The minimum Gasteiger partial charge on any atom is -0.456 e. The monoisotopic (exact) mass is 403 g/mol. The van der Waals surface area contributed by atoms with Gasteiger partial charge in [0.05, 0.1) is 6.42 Å². The van der Waals surface area contributed by atoms with Crippen molar-refractivity contribution in [3.8, 4) is 11.4 Å². The molecule has 28 heavy (non-hydrogen) atoms. The zero-order valence-corrected chi connectivity index (χ0v) is 15.9. The molecule has 3 rings (SSSR count). The fourth-order valence-electron chi connectivity index (χ4n) is 2.40. The summed E-state index contributed by atoms with van der Waals surface area (Å²) in [5, 5.41) is 7.67. The number of aryl methyl sites for hydroxylation is 1. The van der Waals surface area contributed by atoms with Gasteiger partial charge in [-0.15, -0.1) is 0 Å². The second kappa shape index (κ2) is 9.23. The predicted octanol–water partition coefficient (Wildman–Crippen LogP) is 3.07. The zero-order valence-electron chi connectivity index (χ0n) is 15.1. The van der Waals surface area contributed by atoms with E-state index in [1.807, 2.05) is 16.8 Å². The van der Waals surface area contributed by atoms with Crippen LogP contribution < -0.4 is 0 Å². The van der Waals surface area contributed by atoms with Crippen molar-refractivity contribution in [2.24, 2.45) is 0 Å². The first-order chi connectivity index (χ1) is 13.5. The molecule has 2 aromatic heterocycles. The van der Waals surface area contributed by atoms with Gasteiger partial charge in [-0.05, 0) is 29.1 Å². The summed E-state index contributed by atoms with van der Waals surface area (Å²) in [5.41, 5.74) is 1.51. The minimum atomic E-state index is -0.539. The van der Waals surface area contributed by atoms with E-state index in [4.69, 9.17) is 9.26 Å². The maximum atomic E-state index is 13.2. The molecule has 146 valence electrons. The number of carbonyl (C=O) groups is 2. The smallest absolute Gasteiger partial charge is 0.306 e. The molecule has 7 nitrogen and oxygen atoms in total. The Balaban J connectivity index is 1.40. The molecule has 2 heterocycles. The van der Waals surface area contributed by atoms with Gasteiger partial charge in [0, 0.05) is 31.0 Å². The molecule has 0 atom stereocenters. The van der Waals surface area contributed by atoms with Gasteiger partial charge in [0.15, 0.2) is 6.61 Å². The molecule has 0 N–H and O–H groups in total. The number of thiophene rings is 1. The molecule has 0 spiro atoms. The SMILES string of the molecule is CN(Cc1cccc(F)c1)C(=O)COC(=O)CCc1nc(-c2ccsc2)no1. The summed E-state index contributed by atoms with van der Waals surface area (Å²) in [4.78, 5) is 29.5. The number of ether oxygens (including phenoxy) is 1. The van der Waals surface area contributed by atoms with Crippen molar-refractivity contribution in [2.75, 3.05) is 13.7 Å². The van der Waals surface area contributed by atoms with Crippen LogP contribution >= 0.6 is 11.3 Å². The van der Waals surface area contributed by atoms with E-state index in [0.717, 1.165) is 5.56 Å². The Morgan fingerprint density at radius 3 is 2.93 bits per heavy atom. The van der Waals surface area contributed by atoms with E-state index in [0.29, 0.717) is 17.3 Å². The topological polar surface area (TPSA) is 85.5 Å². The molecule has 0 saturated carbocycles. The Morgan fingerprint density at radius 2 is 2.18 bits per heavy atom. The highest BCUT2D eigenvalue weighted by molar-refractivity contribution is 7.08. The van der Waals surface area contributed by atoms with Crippen molar-refractivity contribution in [2.45, 2.75) is 19.4 Å². The van der Waals surface area contributed by atoms with E-state index in [1.54, 1.807) is 19.2 Å². The molecule has 1 aromatic carbocycles. The quantitative estimate of drug-likeness (QED) is 0.538. The van der Waals surface area contributed by atoms with Crippen molar-refractivity contribution >= 4 is 23.2 Å². The molecular weight excluding hydrogens is 385 g/mol. The van der Waals surface area contributed by atoms with Crippen LogP contribution in [-0.4, -0.2) is 40.6 Å². The highest BCUT2D eigenvalue weighted by Gasteiger charge is 2.15. The minimum absolute atomic E-state index is 0.0200. The summed E-state index contributed by atoms with van der Waals surface area (Å²) in [6.07, 6.45) is 0.245. The summed E-state index contributed by atoms with van der Waals surface area (Å²) in [7, 11) is 1.56. The molecule has 3 aromatic rings. The second-order valence-electron chi connectivity index (χ2n) is 6.06. The summed E-state index contributed by atoms with van der Waals surface area (Å²) < 4.78 is 23.3. The number of esters is 1. The third-order valence-electron chi connectivity index (χ3n) is 3.88. The number of likely N-dealkylation sites (N-methyl/N-ethyl adjacent to an activating group) is 1. The largest absolute Gasteiger partial charge is 0.456 e. The molecule has 0 bridgehead atoms. The van der Waals surface area contributed by atoms with Gasteiger partial charge in [0.1, 0.15) is 5.82 Å². The lowest BCUT2D eigenvalue weighted by Crippen LogP contribution is -2.30. The first-order valence-corrected chi connectivity index (χ1v) is 9.45. The van der Waals surface area contributed by atoms with Gasteiger partial charge >= 0.3 is 5.97 Å². The fraction of sp³-hybridized carbons (Fsp3) is 0.263. The molecular formula is C19H18FN3O4S. The van der Waals surface area contributed by atoms with Crippen LogP contribution in [0.5, 0.6) is 0 Å². The van der Waals surface area contributed by atoms with Crippen molar-refractivity contribution < 1.29 is 23.2 Å². The van der Waals surface area contributed by atoms with Crippen LogP contribution in [0.2, 0.25) is 0 Å². The zero-order chi connectivity index (χ0) is 19.9. The maximum Gasteiger partial charge on any atom is 0.306 e. The number of amides is 1. The lowest BCUT2D eigenvalue weighted by atomic mass is 10.2. The van der Waals surface area contributed by atoms with Gasteiger partial charge in [-0.1, -0.05) is 17.3 Å². The van der Waals surface area contributed by atoms with Crippen molar-refractivity contribution in [3.05, 3.63) is 58.4 Å². The van der Waals surface area contributed by atoms with E-state index in [9.17, 15) is 14.0 Å². The number of benzene rings is 1. The van der Waals surface area contributed by atoms with E-state index < -0.39 is 5.97 Å². The Bertz CT molecular complexity index is 942. The average Bonchev–Trinajstić information content (AvgIpc) is 3.35. The average molecular weight is 403 g/mol. The molecule has 0 aliphatic rings. The van der Waals surface area contributed by atoms with Crippen LogP contribution in [0.4, 0.5) is 4.39 Å². The number of nitrogens with zero attached hydrogens (tertiary/aromatic N) is 3. The van der Waals surface area contributed by atoms with Crippen molar-refractivity contribution in [1.29, 1.82) is 0 Å². The third kappa shape index (κ3) is 5.46. The van der Waals surface area contributed by atoms with Gasteiger partial charge in [0.2, 0.25) is 11.7 Å². The highest BCUT2D eigenvalue weighted by Crippen LogP contribution is 2.19. The first-order valence-electron chi connectivity index (χ1n) is 8.50.